The van der Waals surface area contributed by atoms with E-state index in [1.54, 1.807) is 25.3 Å². The summed E-state index contributed by atoms with van der Waals surface area (Å²) in [6.07, 6.45) is 6.33. The van der Waals surface area contributed by atoms with E-state index in [2.05, 4.69) is 26.8 Å². The predicted octanol–water partition coefficient (Wildman–Crippen LogP) is 4.83. The summed E-state index contributed by atoms with van der Waals surface area (Å²) >= 11 is 0. The van der Waals surface area contributed by atoms with Crippen LogP contribution in [0.25, 0.3) is 11.0 Å². The van der Waals surface area contributed by atoms with Gasteiger partial charge in [-0.25, -0.2) is 14.4 Å². The predicted molar refractivity (Wildman–Crippen MR) is 125 cm³/mol. The number of nitrogens with one attached hydrogen (secondary N) is 2. The van der Waals surface area contributed by atoms with Gasteiger partial charge < -0.3 is 19.8 Å². The average molecular weight is 458 g/mol. The number of allylic oxidation sites excluding steroid dienone is 4. The van der Waals surface area contributed by atoms with E-state index in [1.807, 2.05) is 19.1 Å². The fourth-order valence-corrected chi connectivity index (χ4v) is 4.77. The highest BCUT2D eigenvalue weighted by molar-refractivity contribution is 5.93. The number of amides is 1. The van der Waals surface area contributed by atoms with Crippen molar-refractivity contribution in [3.63, 3.8) is 0 Å². The summed E-state index contributed by atoms with van der Waals surface area (Å²) in [5.41, 5.74) is 3.86. The van der Waals surface area contributed by atoms with Gasteiger partial charge in [-0.15, -0.1) is 0 Å². The maximum atomic E-state index is 13.9. The highest BCUT2D eigenvalue weighted by Gasteiger charge is 2.61. The van der Waals surface area contributed by atoms with Gasteiger partial charge >= 0.3 is 0 Å². The van der Waals surface area contributed by atoms with E-state index in [1.165, 1.54) is 6.07 Å². The van der Waals surface area contributed by atoms with Crippen LogP contribution in [0.3, 0.4) is 0 Å². The number of H-pyrrole nitrogens is 1. The second-order valence-electron chi connectivity index (χ2n) is 8.99. The van der Waals surface area contributed by atoms with Crippen molar-refractivity contribution in [3.05, 3.63) is 83.0 Å². The van der Waals surface area contributed by atoms with E-state index in [9.17, 15) is 9.18 Å². The Kier molecular flexibility index (Phi) is 4.58. The molecule has 0 radical (unpaired) electrons. The zero-order valence-electron chi connectivity index (χ0n) is 18.8. The lowest BCUT2D eigenvalue weighted by Gasteiger charge is -2.18. The van der Waals surface area contributed by atoms with Gasteiger partial charge in [0.25, 0.3) is 0 Å². The fourth-order valence-electron chi connectivity index (χ4n) is 4.77. The number of aromatic amines is 1. The molecule has 2 aromatic heterocycles. The third-order valence-corrected chi connectivity index (χ3v) is 6.65. The Balaban J connectivity index is 1.15. The SMILES string of the molecule is C=C1/C(=C\C=C(/C)Oc2ccnc3c2CCC(=O)N3)O[C@H]2[C@@H]1[C@@H]2c1nc2cc(F)c(C)cc2[nH]1. The molecule has 0 unspecified atom stereocenters. The Morgan fingerprint density at radius 1 is 1.32 bits per heavy atom. The second kappa shape index (κ2) is 7.55. The van der Waals surface area contributed by atoms with E-state index in [0.29, 0.717) is 41.2 Å². The molecule has 172 valence electrons. The van der Waals surface area contributed by atoms with E-state index in [0.717, 1.165) is 28.2 Å². The molecule has 2 aliphatic heterocycles. The molecule has 8 heteroatoms. The Morgan fingerprint density at radius 2 is 2.18 bits per heavy atom. The van der Waals surface area contributed by atoms with Gasteiger partial charge in [0.1, 0.15) is 40.8 Å². The number of anilines is 1. The van der Waals surface area contributed by atoms with Gasteiger partial charge in [-0.2, -0.15) is 0 Å². The Bertz CT molecular complexity index is 1400. The molecule has 4 heterocycles. The van der Waals surface area contributed by atoms with Crippen LogP contribution in [0.1, 0.15) is 36.2 Å². The van der Waals surface area contributed by atoms with E-state index >= 15 is 0 Å². The number of fused-ring (bicyclic) bond motifs is 3. The number of aromatic nitrogens is 3. The molecule has 3 atom stereocenters. The smallest absolute Gasteiger partial charge is 0.225 e. The van der Waals surface area contributed by atoms with Crippen molar-refractivity contribution in [2.45, 2.75) is 38.7 Å². The monoisotopic (exact) mass is 458 g/mol. The van der Waals surface area contributed by atoms with Crippen LogP contribution in [-0.4, -0.2) is 27.0 Å². The van der Waals surface area contributed by atoms with Gasteiger partial charge in [0.2, 0.25) is 5.91 Å². The molecule has 34 heavy (non-hydrogen) atoms. The largest absolute Gasteiger partial charge is 0.489 e. The molecule has 7 nitrogen and oxygen atoms in total. The van der Waals surface area contributed by atoms with Crippen LogP contribution < -0.4 is 10.1 Å². The Morgan fingerprint density at radius 3 is 2.97 bits per heavy atom. The third-order valence-electron chi connectivity index (χ3n) is 6.65. The molecule has 6 rings (SSSR count). The van der Waals surface area contributed by atoms with Crippen LogP contribution in [0, 0.1) is 18.7 Å². The second-order valence-corrected chi connectivity index (χ2v) is 8.99. The number of aryl methyl sites for hydroxylation is 1. The molecule has 2 fully saturated rings. The third kappa shape index (κ3) is 3.37. The molecular formula is C26H23FN4O3. The highest BCUT2D eigenvalue weighted by Crippen LogP contribution is 2.60. The minimum atomic E-state index is -0.256. The number of halogens is 1. The lowest BCUT2D eigenvalue weighted by atomic mass is 10.1. The first-order valence-electron chi connectivity index (χ1n) is 11.2. The van der Waals surface area contributed by atoms with E-state index in [-0.39, 0.29) is 29.7 Å². The maximum absolute atomic E-state index is 13.9. The number of carbonyl (C=O) groups excluding carboxylic acids is 1. The average Bonchev–Trinajstić information content (AvgIpc) is 3.22. The van der Waals surface area contributed by atoms with Gasteiger partial charge in [-0.05, 0) is 55.7 Å². The summed E-state index contributed by atoms with van der Waals surface area (Å²) in [7, 11) is 0. The number of ether oxygens (including phenoxy) is 2. The summed E-state index contributed by atoms with van der Waals surface area (Å²) in [6.45, 7) is 7.83. The molecule has 2 N–H and O–H groups in total. The molecule has 1 aromatic carbocycles. The molecular weight excluding hydrogens is 435 g/mol. The first-order valence-corrected chi connectivity index (χ1v) is 11.2. The number of hydrogen-bond acceptors (Lipinski definition) is 5. The summed E-state index contributed by atoms with van der Waals surface area (Å²) < 4.78 is 26.0. The molecule has 3 aliphatic rings. The van der Waals surface area contributed by atoms with Crippen molar-refractivity contribution in [1.82, 2.24) is 15.0 Å². The zero-order chi connectivity index (χ0) is 23.6. The van der Waals surface area contributed by atoms with E-state index in [4.69, 9.17) is 9.47 Å². The number of pyridine rings is 1. The molecule has 1 saturated heterocycles. The maximum Gasteiger partial charge on any atom is 0.225 e. The quantitative estimate of drug-likeness (QED) is 0.547. The van der Waals surface area contributed by atoms with Gasteiger partial charge in [-0.1, -0.05) is 6.58 Å². The minimum Gasteiger partial charge on any atom is -0.489 e. The fraction of sp³-hybridized carbons (Fsp3) is 0.269. The van der Waals surface area contributed by atoms with Crippen LogP contribution >= 0.6 is 0 Å². The first kappa shape index (κ1) is 20.7. The minimum absolute atomic E-state index is 0.0179. The topological polar surface area (TPSA) is 89.1 Å². The van der Waals surface area contributed by atoms with Crippen molar-refractivity contribution < 1.29 is 18.7 Å². The molecule has 3 aromatic rings. The highest BCUT2D eigenvalue weighted by atomic mass is 19.1. The number of benzene rings is 1. The molecule has 1 aliphatic carbocycles. The Labute approximate surface area is 195 Å². The molecule has 1 amide bonds. The Hall–Kier alpha value is -3.94. The number of hydrogen-bond donors (Lipinski definition) is 2. The van der Waals surface area contributed by atoms with Crippen LogP contribution in [0.2, 0.25) is 0 Å². The van der Waals surface area contributed by atoms with Gasteiger partial charge in [0.05, 0.1) is 17.0 Å². The first-order chi connectivity index (χ1) is 16.4. The number of carbonyl (C=O) groups is 1. The molecule has 0 spiro atoms. The van der Waals surface area contributed by atoms with Crippen LogP contribution in [0.5, 0.6) is 5.75 Å². The van der Waals surface area contributed by atoms with Crippen molar-refractivity contribution in [3.8, 4) is 5.75 Å². The summed E-state index contributed by atoms with van der Waals surface area (Å²) in [5, 5.41) is 2.78. The lowest BCUT2D eigenvalue weighted by Crippen LogP contribution is -2.20. The lowest BCUT2D eigenvalue weighted by molar-refractivity contribution is -0.116. The normalized spacial score (nSPS) is 24.6. The standard InChI is InChI=1S/C26H23FN4O3/c1-12-10-17-18(11-16(12)27)30-26(29-17)23-22-14(3)19(34-24(22)23)6-4-13(2)33-20-8-9-28-25-15(20)5-7-21(32)31-25/h4,6,8-11,22-24H,3,5,7H2,1-2H3,(H,29,30)(H,28,31,32)/b13-4+,19-6+/t22-,23-,24-/m0/s1. The van der Waals surface area contributed by atoms with Gasteiger partial charge in [0, 0.05) is 30.2 Å². The van der Waals surface area contributed by atoms with Crippen molar-refractivity contribution >= 4 is 22.8 Å². The van der Waals surface area contributed by atoms with E-state index < -0.39 is 0 Å². The molecule has 0 bridgehead atoms. The summed E-state index contributed by atoms with van der Waals surface area (Å²) in [5.74, 6) is 3.42. The number of nitrogens with zero attached hydrogens (tertiary/aromatic N) is 2. The van der Waals surface area contributed by atoms with Crippen molar-refractivity contribution in [2.75, 3.05) is 5.32 Å². The van der Waals surface area contributed by atoms with Crippen LogP contribution in [0.4, 0.5) is 10.2 Å². The van der Waals surface area contributed by atoms with Gasteiger partial charge in [0.15, 0.2) is 0 Å². The van der Waals surface area contributed by atoms with Crippen LogP contribution in [0.15, 0.2) is 60.2 Å². The summed E-state index contributed by atoms with van der Waals surface area (Å²) in [6, 6.07) is 5.04. The van der Waals surface area contributed by atoms with Crippen molar-refractivity contribution in [1.29, 1.82) is 0 Å². The molecule has 1 saturated carbocycles. The number of rotatable bonds is 4. The number of imidazole rings is 1. The van der Waals surface area contributed by atoms with Crippen LogP contribution in [-0.2, 0) is 16.0 Å². The van der Waals surface area contributed by atoms with Gasteiger partial charge in [-0.3, -0.25) is 4.79 Å². The zero-order valence-corrected chi connectivity index (χ0v) is 18.8. The van der Waals surface area contributed by atoms with Crippen molar-refractivity contribution in [2.24, 2.45) is 5.92 Å². The summed E-state index contributed by atoms with van der Waals surface area (Å²) in [4.78, 5) is 23.7.